The molecule has 2 aromatic carbocycles. The molecule has 1 heterocycles. The molecular weight excluding hydrogens is 358 g/mol. The lowest BCUT2D eigenvalue weighted by Gasteiger charge is -2.21. The van der Waals surface area contributed by atoms with Crippen LogP contribution in [0, 0.1) is 6.92 Å². The first kappa shape index (κ1) is 19.3. The molecule has 1 aromatic heterocycles. The first-order chi connectivity index (χ1) is 13.0. The Morgan fingerprint density at radius 1 is 1.11 bits per heavy atom. The van der Waals surface area contributed by atoms with Crippen molar-refractivity contribution >= 4 is 32.6 Å². The highest BCUT2D eigenvalue weighted by Gasteiger charge is 2.21. The molecule has 0 radical (unpaired) electrons. The number of aromatic nitrogens is 1. The third kappa shape index (κ3) is 4.64. The number of hydrogen-bond acceptors (Lipinski definition) is 5. The molecule has 0 fully saturated rings. The minimum absolute atomic E-state index is 0.0350. The van der Waals surface area contributed by atoms with Crippen molar-refractivity contribution in [3.8, 4) is 5.75 Å². The number of carbonyl (C=O) groups excluding carboxylic acids is 1. The Hall–Kier alpha value is -2.44. The Labute approximate surface area is 164 Å². The molecule has 0 aliphatic heterocycles. The maximum absolute atomic E-state index is 13.2. The molecule has 0 saturated carbocycles. The Kier molecular flexibility index (Phi) is 6.08. The summed E-state index contributed by atoms with van der Waals surface area (Å²) in [5, 5.41) is 0.746. The molecule has 0 N–H and O–H groups in total. The average Bonchev–Trinajstić information content (AvgIpc) is 3.07. The number of ether oxygens (including phenoxy) is 1. The molecule has 0 unspecified atom stereocenters. The van der Waals surface area contributed by atoms with Gasteiger partial charge >= 0.3 is 0 Å². The number of benzene rings is 2. The molecule has 1 amide bonds. The van der Waals surface area contributed by atoms with E-state index in [0.717, 1.165) is 34.1 Å². The van der Waals surface area contributed by atoms with Gasteiger partial charge in [0.1, 0.15) is 5.75 Å². The zero-order valence-electron chi connectivity index (χ0n) is 16.2. The minimum atomic E-state index is -0.0350. The molecule has 0 bridgehead atoms. The summed E-state index contributed by atoms with van der Waals surface area (Å²) in [4.78, 5) is 21.8. The fraction of sp³-hybridized carbons (Fsp3) is 0.333. The van der Waals surface area contributed by atoms with E-state index < -0.39 is 0 Å². The first-order valence-corrected chi connectivity index (χ1v) is 9.77. The zero-order valence-corrected chi connectivity index (χ0v) is 17.0. The third-order valence-corrected chi connectivity index (χ3v) is 5.37. The highest BCUT2D eigenvalue weighted by atomic mass is 32.1. The lowest BCUT2D eigenvalue weighted by atomic mass is 10.2. The van der Waals surface area contributed by atoms with Gasteiger partial charge in [-0.2, -0.15) is 0 Å². The van der Waals surface area contributed by atoms with Crippen LogP contribution in [0.25, 0.3) is 10.2 Å². The summed E-state index contributed by atoms with van der Waals surface area (Å²) in [6.07, 6.45) is 0.879. The summed E-state index contributed by atoms with van der Waals surface area (Å²) in [5.74, 6) is 0.702. The van der Waals surface area contributed by atoms with Gasteiger partial charge < -0.3 is 9.64 Å². The lowest BCUT2D eigenvalue weighted by molar-refractivity contribution is 0.0986. The summed E-state index contributed by atoms with van der Waals surface area (Å²) in [6, 6.07) is 13.4. The Balaban J connectivity index is 1.91. The van der Waals surface area contributed by atoms with Gasteiger partial charge in [-0.1, -0.05) is 17.4 Å². The topological polar surface area (TPSA) is 45.7 Å². The molecule has 0 aliphatic rings. The van der Waals surface area contributed by atoms with Gasteiger partial charge in [0.05, 0.1) is 17.3 Å². The molecule has 0 spiro atoms. The summed E-state index contributed by atoms with van der Waals surface area (Å²) in [6.45, 7) is 3.61. The number of aryl methyl sites for hydroxylation is 1. The van der Waals surface area contributed by atoms with E-state index in [0.29, 0.717) is 12.1 Å². The van der Waals surface area contributed by atoms with Gasteiger partial charge in [-0.3, -0.25) is 9.69 Å². The van der Waals surface area contributed by atoms with Gasteiger partial charge in [-0.05, 0) is 75.9 Å². The fourth-order valence-electron chi connectivity index (χ4n) is 2.85. The van der Waals surface area contributed by atoms with Crippen LogP contribution in [-0.4, -0.2) is 50.1 Å². The number of rotatable bonds is 7. The van der Waals surface area contributed by atoms with Crippen LogP contribution in [0.2, 0.25) is 0 Å². The van der Waals surface area contributed by atoms with Crippen molar-refractivity contribution in [2.45, 2.75) is 13.3 Å². The molecule has 0 aliphatic carbocycles. The SMILES string of the molecule is COc1ccc(C(=O)N(CCCN(C)C)c2nc3ccc(C)cc3s2)cc1. The smallest absolute Gasteiger partial charge is 0.260 e. The normalized spacial score (nSPS) is 11.1. The largest absolute Gasteiger partial charge is 0.497 e. The molecular formula is C21H25N3O2S. The minimum Gasteiger partial charge on any atom is -0.497 e. The van der Waals surface area contributed by atoms with E-state index in [9.17, 15) is 4.79 Å². The molecule has 0 atom stereocenters. The van der Waals surface area contributed by atoms with Crippen molar-refractivity contribution in [1.29, 1.82) is 0 Å². The number of fused-ring (bicyclic) bond motifs is 1. The fourth-order valence-corrected chi connectivity index (χ4v) is 3.94. The van der Waals surface area contributed by atoms with E-state index in [4.69, 9.17) is 9.72 Å². The van der Waals surface area contributed by atoms with Gasteiger partial charge in [0.2, 0.25) is 0 Å². The monoisotopic (exact) mass is 383 g/mol. The number of methoxy groups -OCH3 is 1. The molecule has 3 rings (SSSR count). The highest BCUT2D eigenvalue weighted by Crippen LogP contribution is 2.30. The van der Waals surface area contributed by atoms with Crippen LogP contribution in [-0.2, 0) is 0 Å². The van der Waals surface area contributed by atoms with E-state index >= 15 is 0 Å². The van der Waals surface area contributed by atoms with Gasteiger partial charge in [0, 0.05) is 12.1 Å². The van der Waals surface area contributed by atoms with E-state index in [1.165, 1.54) is 5.56 Å². The van der Waals surface area contributed by atoms with Crippen LogP contribution in [0.5, 0.6) is 5.75 Å². The summed E-state index contributed by atoms with van der Waals surface area (Å²) >= 11 is 1.56. The maximum Gasteiger partial charge on any atom is 0.260 e. The Morgan fingerprint density at radius 2 is 1.85 bits per heavy atom. The zero-order chi connectivity index (χ0) is 19.4. The molecule has 5 nitrogen and oxygen atoms in total. The molecule has 3 aromatic rings. The van der Waals surface area contributed by atoms with Crippen LogP contribution in [0.15, 0.2) is 42.5 Å². The predicted molar refractivity (Wildman–Crippen MR) is 112 cm³/mol. The molecule has 27 heavy (non-hydrogen) atoms. The van der Waals surface area contributed by atoms with Crippen molar-refractivity contribution in [1.82, 2.24) is 9.88 Å². The quantitative estimate of drug-likeness (QED) is 0.613. The first-order valence-electron chi connectivity index (χ1n) is 8.96. The number of hydrogen-bond donors (Lipinski definition) is 0. The van der Waals surface area contributed by atoms with Crippen molar-refractivity contribution < 1.29 is 9.53 Å². The summed E-state index contributed by atoms with van der Waals surface area (Å²) < 4.78 is 6.30. The van der Waals surface area contributed by atoms with Crippen LogP contribution in [0.3, 0.4) is 0 Å². The predicted octanol–water partition coefficient (Wildman–Crippen LogP) is 4.21. The van der Waals surface area contributed by atoms with Crippen LogP contribution >= 0.6 is 11.3 Å². The van der Waals surface area contributed by atoms with Crippen LogP contribution in [0.1, 0.15) is 22.3 Å². The Bertz CT molecular complexity index is 919. The second-order valence-electron chi connectivity index (χ2n) is 6.81. The second kappa shape index (κ2) is 8.50. The summed E-state index contributed by atoms with van der Waals surface area (Å²) in [5.41, 5.74) is 2.76. The number of amides is 1. The van der Waals surface area contributed by atoms with Crippen LogP contribution < -0.4 is 9.64 Å². The second-order valence-corrected chi connectivity index (χ2v) is 7.82. The van der Waals surface area contributed by atoms with Crippen molar-refractivity contribution in [3.63, 3.8) is 0 Å². The van der Waals surface area contributed by atoms with E-state index in [2.05, 4.69) is 17.9 Å². The molecule has 6 heteroatoms. The van der Waals surface area contributed by atoms with Gasteiger partial charge in [-0.25, -0.2) is 4.98 Å². The molecule has 142 valence electrons. The number of thiazole rings is 1. The Morgan fingerprint density at radius 3 is 2.52 bits per heavy atom. The van der Waals surface area contributed by atoms with E-state index in [-0.39, 0.29) is 5.91 Å². The van der Waals surface area contributed by atoms with Crippen LogP contribution in [0.4, 0.5) is 5.13 Å². The van der Waals surface area contributed by atoms with E-state index in [1.54, 1.807) is 35.5 Å². The van der Waals surface area contributed by atoms with Crippen molar-refractivity contribution in [2.24, 2.45) is 0 Å². The highest BCUT2D eigenvalue weighted by molar-refractivity contribution is 7.22. The standard InChI is InChI=1S/C21H25N3O2S/c1-15-6-11-18-19(14-15)27-21(22-18)24(13-5-12-23(2)3)20(25)16-7-9-17(26-4)10-8-16/h6-11,14H,5,12-13H2,1-4H3. The average molecular weight is 384 g/mol. The van der Waals surface area contributed by atoms with Gasteiger partial charge in [0.15, 0.2) is 5.13 Å². The number of nitrogens with zero attached hydrogens (tertiary/aromatic N) is 3. The number of carbonyl (C=O) groups is 1. The van der Waals surface area contributed by atoms with Crippen molar-refractivity contribution in [3.05, 3.63) is 53.6 Å². The number of anilines is 1. The van der Waals surface area contributed by atoms with Gasteiger partial charge in [0.25, 0.3) is 5.91 Å². The maximum atomic E-state index is 13.2. The van der Waals surface area contributed by atoms with Crippen molar-refractivity contribution in [2.75, 3.05) is 39.2 Å². The summed E-state index contributed by atoms with van der Waals surface area (Å²) in [7, 11) is 5.69. The van der Waals surface area contributed by atoms with E-state index in [1.807, 2.05) is 38.4 Å². The van der Waals surface area contributed by atoms with Gasteiger partial charge in [-0.15, -0.1) is 0 Å². The lowest BCUT2D eigenvalue weighted by Crippen LogP contribution is -2.33. The third-order valence-electron chi connectivity index (χ3n) is 4.33. The molecule has 0 saturated heterocycles.